The second kappa shape index (κ2) is 7.67. The zero-order chi connectivity index (χ0) is 12.7. The summed E-state index contributed by atoms with van der Waals surface area (Å²) in [6.45, 7) is 4.29. The quantitative estimate of drug-likeness (QED) is 0.728. The molecule has 2 unspecified atom stereocenters. The average Bonchev–Trinajstić information content (AvgIpc) is 2.36. The molecule has 0 aromatic heterocycles. The average molecular weight is 241 g/mol. The Bertz CT molecular complexity index is 233. The van der Waals surface area contributed by atoms with Gasteiger partial charge in [0.25, 0.3) is 0 Å². The van der Waals surface area contributed by atoms with Crippen molar-refractivity contribution in [1.82, 2.24) is 10.2 Å². The van der Waals surface area contributed by atoms with Crippen LogP contribution >= 0.6 is 0 Å². The van der Waals surface area contributed by atoms with E-state index in [1.807, 2.05) is 6.92 Å². The Morgan fingerprint density at radius 1 is 1.41 bits per heavy atom. The smallest absolute Gasteiger partial charge is 0.221 e. The summed E-state index contributed by atoms with van der Waals surface area (Å²) in [5.41, 5.74) is 5.83. The van der Waals surface area contributed by atoms with Crippen LogP contribution in [0.1, 0.15) is 39.0 Å². The molecular weight excluding hydrogens is 214 g/mol. The molecule has 0 aromatic rings. The van der Waals surface area contributed by atoms with E-state index >= 15 is 0 Å². The van der Waals surface area contributed by atoms with Crippen LogP contribution < -0.4 is 11.1 Å². The van der Waals surface area contributed by atoms with Gasteiger partial charge in [0.2, 0.25) is 5.91 Å². The number of nitrogens with zero attached hydrogens (tertiary/aromatic N) is 1. The van der Waals surface area contributed by atoms with Gasteiger partial charge in [0.05, 0.1) is 0 Å². The third kappa shape index (κ3) is 4.64. The number of hydrogen-bond donors (Lipinski definition) is 2. The highest BCUT2D eigenvalue weighted by molar-refractivity contribution is 5.75. The Kier molecular flexibility index (Phi) is 6.52. The van der Waals surface area contributed by atoms with Gasteiger partial charge < -0.3 is 16.0 Å². The first-order valence-electron chi connectivity index (χ1n) is 6.86. The van der Waals surface area contributed by atoms with Gasteiger partial charge in [-0.25, -0.2) is 0 Å². The Morgan fingerprint density at radius 2 is 2.12 bits per heavy atom. The van der Waals surface area contributed by atoms with Crippen molar-refractivity contribution in [3.63, 3.8) is 0 Å². The maximum absolute atomic E-state index is 11.4. The van der Waals surface area contributed by atoms with Crippen molar-refractivity contribution >= 4 is 5.91 Å². The fourth-order valence-corrected chi connectivity index (χ4v) is 2.77. The van der Waals surface area contributed by atoms with Crippen LogP contribution in [0.4, 0.5) is 0 Å². The van der Waals surface area contributed by atoms with Crippen molar-refractivity contribution in [2.45, 2.75) is 45.1 Å². The molecule has 1 fully saturated rings. The zero-order valence-electron chi connectivity index (χ0n) is 11.2. The van der Waals surface area contributed by atoms with E-state index in [0.29, 0.717) is 18.4 Å². The summed E-state index contributed by atoms with van der Waals surface area (Å²) < 4.78 is 0. The van der Waals surface area contributed by atoms with E-state index in [1.165, 1.54) is 25.7 Å². The van der Waals surface area contributed by atoms with Crippen LogP contribution in [0.5, 0.6) is 0 Å². The van der Waals surface area contributed by atoms with E-state index in [1.54, 1.807) is 0 Å². The van der Waals surface area contributed by atoms with Crippen molar-refractivity contribution in [1.29, 1.82) is 0 Å². The molecule has 4 heteroatoms. The minimum atomic E-state index is 0.152. The van der Waals surface area contributed by atoms with Crippen molar-refractivity contribution in [2.24, 2.45) is 11.7 Å². The molecule has 1 rings (SSSR count). The summed E-state index contributed by atoms with van der Waals surface area (Å²) in [5, 5.41) is 2.84. The van der Waals surface area contributed by atoms with Crippen molar-refractivity contribution in [3.8, 4) is 0 Å². The van der Waals surface area contributed by atoms with E-state index in [4.69, 9.17) is 5.73 Å². The third-order valence-corrected chi connectivity index (χ3v) is 3.80. The van der Waals surface area contributed by atoms with Crippen LogP contribution in [-0.2, 0) is 4.79 Å². The lowest BCUT2D eigenvalue weighted by atomic mass is 9.83. The van der Waals surface area contributed by atoms with Crippen molar-refractivity contribution < 1.29 is 4.79 Å². The van der Waals surface area contributed by atoms with E-state index < -0.39 is 0 Å². The Balaban J connectivity index is 2.34. The maximum atomic E-state index is 11.4. The van der Waals surface area contributed by atoms with Gasteiger partial charge in [-0.1, -0.05) is 12.8 Å². The highest BCUT2D eigenvalue weighted by Crippen LogP contribution is 2.27. The van der Waals surface area contributed by atoms with Gasteiger partial charge >= 0.3 is 0 Å². The van der Waals surface area contributed by atoms with Gasteiger partial charge in [-0.2, -0.15) is 0 Å². The minimum absolute atomic E-state index is 0.152. The first-order chi connectivity index (χ1) is 8.19. The molecular formula is C13H27N3O. The lowest BCUT2D eigenvalue weighted by molar-refractivity contribution is -0.121. The van der Waals surface area contributed by atoms with Crippen LogP contribution in [0, 0.1) is 5.92 Å². The first kappa shape index (κ1) is 14.5. The third-order valence-electron chi connectivity index (χ3n) is 3.80. The molecule has 2 atom stereocenters. The minimum Gasteiger partial charge on any atom is -0.356 e. The molecule has 0 bridgehead atoms. The highest BCUT2D eigenvalue weighted by Gasteiger charge is 2.27. The monoisotopic (exact) mass is 241 g/mol. The predicted molar refractivity (Wildman–Crippen MR) is 70.7 cm³/mol. The first-order valence-corrected chi connectivity index (χ1v) is 6.86. The maximum Gasteiger partial charge on any atom is 0.221 e. The summed E-state index contributed by atoms with van der Waals surface area (Å²) in [7, 11) is 2.12. The van der Waals surface area contributed by atoms with Gasteiger partial charge in [0.1, 0.15) is 0 Å². The summed E-state index contributed by atoms with van der Waals surface area (Å²) in [4.78, 5) is 13.7. The normalized spacial score (nSPS) is 24.9. The number of carbonyl (C=O) groups is 1. The van der Waals surface area contributed by atoms with E-state index in [-0.39, 0.29) is 5.91 Å². The molecule has 0 radical (unpaired) electrons. The van der Waals surface area contributed by atoms with Gasteiger partial charge in [-0.05, 0) is 39.3 Å². The summed E-state index contributed by atoms with van der Waals surface area (Å²) in [6.07, 6.45) is 5.67. The number of nitrogens with two attached hydrogens (primary N) is 1. The number of nitrogens with one attached hydrogen (secondary N) is 1. The summed E-state index contributed by atoms with van der Waals surface area (Å²) in [6, 6.07) is 0.572. The molecule has 1 aliphatic carbocycles. The largest absolute Gasteiger partial charge is 0.356 e. The van der Waals surface area contributed by atoms with Crippen LogP contribution in [0.15, 0.2) is 0 Å². The molecule has 0 spiro atoms. The van der Waals surface area contributed by atoms with Crippen LogP contribution in [0.2, 0.25) is 0 Å². The second-order valence-corrected chi connectivity index (χ2v) is 5.03. The number of amides is 1. The Morgan fingerprint density at radius 3 is 2.76 bits per heavy atom. The lowest BCUT2D eigenvalue weighted by Crippen LogP contribution is -2.44. The molecule has 17 heavy (non-hydrogen) atoms. The van der Waals surface area contributed by atoms with E-state index in [0.717, 1.165) is 19.6 Å². The van der Waals surface area contributed by atoms with Crippen LogP contribution in [-0.4, -0.2) is 43.5 Å². The molecule has 100 valence electrons. The van der Waals surface area contributed by atoms with Gasteiger partial charge in [0.15, 0.2) is 0 Å². The number of carbonyl (C=O) groups excluding carboxylic acids is 1. The lowest BCUT2D eigenvalue weighted by Gasteiger charge is -2.37. The molecule has 4 nitrogen and oxygen atoms in total. The molecule has 1 saturated carbocycles. The summed E-state index contributed by atoms with van der Waals surface area (Å²) in [5.74, 6) is 0.766. The fraction of sp³-hybridized carbons (Fsp3) is 0.923. The zero-order valence-corrected chi connectivity index (χ0v) is 11.2. The molecule has 1 aliphatic rings. The van der Waals surface area contributed by atoms with Gasteiger partial charge in [0, 0.05) is 25.6 Å². The number of hydrogen-bond acceptors (Lipinski definition) is 3. The van der Waals surface area contributed by atoms with E-state index in [2.05, 4.69) is 17.3 Å². The molecule has 0 aromatic carbocycles. The topological polar surface area (TPSA) is 58.4 Å². The SMILES string of the molecule is CCNC(=O)CCN(C)C1CCCCC1CN. The Labute approximate surface area is 105 Å². The van der Waals surface area contributed by atoms with Gasteiger partial charge in [-0.3, -0.25) is 4.79 Å². The standard InChI is InChI=1S/C13H27N3O/c1-3-15-13(17)8-9-16(2)12-7-5-4-6-11(12)10-14/h11-12H,3-10,14H2,1-2H3,(H,15,17). The van der Waals surface area contributed by atoms with Crippen molar-refractivity contribution in [2.75, 3.05) is 26.7 Å². The molecule has 0 aliphatic heterocycles. The van der Waals surface area contributed by atoms with E-state index in [9.17, 15) is 4.79 Å². The second-order valence-electron chi connectivity index (χ2n) is 5.03. The van der Waals surface area contributed by atoms with Crippen LogP contribution in [0.3, 0.4) is 0 Å². The molecule has 0 heterocycles. The van der Waals surface area contributed by atoms with Gasteiger partial charge in [-0.15, -0.1) is 0 Å². The highest BCUT2D eigenvalue weighted by atomic mass is 16.1. The predicted octanol–water partition coefficient (Wildman–Crippen LogP) is 0.962. The summed E-state index contributed by atoms with van der Waals surface area (Å²) >= 11 is 0. The number of rotatable bonds is 6. The van der Waals surface area contributed by atoms with Crippen molar-refractivity contribution in [3.05, 3.63) is 0 Å². The molecule has 0 saturated heterocycles. The molecule has 3 N–H and O–H groups in total. The Hall–Kier alpha value is -0.610. The van der Waals surface area contributed by atoms with Crippen LogP contribution in [0.25, 0.3) is 0 Å². The molecule has 1 amide bonds. The fourth-order valence-electron chi connectivity index (χ4n) is 2.77.